The fourth-order valence-electron chi connectivity index (χ4n) is 3.53. The first kappa shape index (κ1) is 16.8. The summed E-state index contributed by atoms with van der Waals surface area (Å²) in [5.74, 6) is 1.45. The zero-order valence-electron chi connectivity index (χ0n) is 14.2. The lowest BCUT2D eigenvalue weighted by Gasteiger charge is -2.41. The van der Waals surface area contributed by atoms with Gasteiger partial charge in [0.15, 0.2) is 0 Å². The fraction of sp³-hybridized carbons (Fsp3) is 0.941. The second kappa shape index (κ2) is 7.10. The summed E-state index contributed by atoms with van der Waals surface area (Å²) in [5.41, 5.74) is -0.287. The van der Waals surface area contributed by atoms with Crippen molar-refractivity contribution in [2.45, 2.75) is 52.5 Å². The minimum atomic E-state index is -0.287. The number of nitrogens with one attached hydrogen (secondary N) is 1. The summed E-state index contributed by atoms with van der Waals surface area (Å²) in [6.07, 6.45) is 4.87. The van der Waals surface area contributed by atoms with Crippen molar-refractivity contribution in [3.8, 4) is 0 Å². The fourth-order valence-corrected chi connectivity index (χ4v) is 3.53. The number of ether oxygens (including phenoxy) is 1. The Labute approximate surface area is 129 Å². The number of hydrogen-bond acceptors (Lipinski definition) is 3. The van der Waals surface area contributed by atoms with Gasteiger partial charge in [-0.05, 0) is 57.5 Å². The predicted molar refractivity (Wildman–Crippen MR) is 85.1 cm³/mol. The molecule has 1 N–H and O–H groups in total. The van der Waals surface area contributed by atoms with E-state index in [0.29, 0.717) is 30.4 Å². The molecule has 2 rings (SSSR count). The van der Waals surface area contributed by atoms with Crippen LogP contribution in [0, 0.1) is 17.3 Å². The third kappa shape index (κ3) is 3.98. The van der Waals surface area contributed by atoms with Crippen LogP contribution in [0.3, 0.4) is 0 Å². The number of carbonyl (C=O) groups excluding carboxylic acids is 1. The normalized spacial score (nSPS) is 24.7. The Morgan fingerprint density at radius 3 is 2.62 bits per heavy atom. The van der Waals surface area contributed by atoms with Gasteiger partial charge < -0.3 is 15.0 Å². The number of amides is 1. The van der Waals surface area contributed by atoms with Gasteiger partial charge >= 0.3 is 0 Å². The van der Waals surface area contributed by atoms with E-state index in [1.165, 1.54) is 19.3 Å². The van der Waals surface area contributed by atoms with Crippen LogP contribution < -0.4 is 5.32 Å². The molecule has 0 spiro atoms. The highest BCUT2D eigenvalue weighted by atomic mass is 16.5. The molecule has 1 aliphatic carbocycles. The van der Waals surface area contributed by atoms with Crippen molar-refractivity contribution in [3.05, 3.63) is 0 Å². The molecule has 122 valence electrons. The molecule has 4 nitrogen and oxygen atoms in total. The van der Waals surface area contributed by atoms with Crippen LogP contribution in [0.5, 0.6) is 0 Å². The van der Waals surface area contributed by atoms with Gasteiger partial charge in [0, 0.05) is 25.1 Å². The van der Waals surface area contributed by atoms with E-state index in [4.69, 9.17) is 4.74 Å². The monoisotopic (exact) mass is 296 g/mol. The number of carbonyl (C=O) groups is 1. The highest BCUT2D eigenvalue weighted by Gasteiger charge is 2.43. The van der Waals surface area contributed by atoms with Gasteiger partial charge in [0.2, 0.25) is 5.91 Å². The van der Waals surface area contributed by atoms with Crippen molar-refractivity contribution in [2.24, 2.45) is 17.3 Å². The van der Waals surface area contributed by atoms with Crippen molar-refractivity contribution in [2.75, 3.05) is 33.4 Å². The molecule has 0 radical (unpaired) electrons. The van der Waals surface area contributed by atoms with Crippen LogP contribution in [-0.2, 0) is 9.53 Å². The van der Waals surface area contributed by atoms with Gasteiger partial charge in [-0.2, -0.15) is 0 Å². The Morgan fingerprint density at radius 2 is 2.10 bits per heavy atom. The summed E-state index contributed by atoms with van der Waals surface area (Å²) in [7, 11) is 1.71. The molecule has 4 heteroatoms. The average molecular weight is 296 g/mol. The minimum absolute atomic E-state index is 0.287. The molecule has 0 bridgehead atoms. The van der Waals surface area contributed by atoms with E-state index in [1.54, 1.807) is 7.11 Å². The topological polar surface area (TPSA) is 41.6 Å². The Balaban J connectivity index is 2.06. The van der Waals surface area contributed by atoms with Gasteiger partial charge in [-0.15, -0.1) is 0 Å². The largest absolute Gasteiger partial charge is 0.383 e. The van der Waals surface area contributed by atoms with Gasteiger partial charge in [0.25, 0.3) is 0 Å². The summed E-state index contributed by atoms with van der Waals surface area (Å²) in [4.78, 5) is 15.3. The molecule has 1 heterocycles. The molecule has 21 heavy (non-hydrogen) atoms. The zero-order valence-corrected chi connectivity index (χ0v) is 14.2. The number of rotatable bonds is 7. The van der Waals surface area contributed by atoms with Crippen LogP contribution in [0.25, 0.3) is 0 Å². The molecule has 1 aliphatic heterocycles. The second-order valence-corrected chi connectivity index (χ2v) is 7.33. The van der Waals surface area contributed by atoms with Crippen molar-refractivity contribution >= 4 is 5.91 Å². The summed E-state index contributed by atoms with van der Waals surface area (Å²) in [6.45, 7) is 9.87. The maximum Gasteiger partial charge on any atom is 0.228 e. The third-order valence-corrected chi connectivity index (χ3v) is 5.46. The molecule has 2 fully saturated rings. The minimum Gasteiger partial charge on any atom is -0.383 e. The quantitative estimate of drug-likeness (QED) is 0.784. The number of piperidine rings is 1. The number of nitrogens with zero attached hydrogens (tertiary/aromatic N) is 1. The van der Waals surface area contributed by atoms with E-state index < -0.39 is 0 Å². The van der Waals surface area contributed by atoms with E-state index in [2.05, 4.69) is 31.0 Å². The zero-order chi connectivity index (χ0) is 15.5. The first-order valence-corrected chi connectivity index (χ1v) is 8.49. The average Bonchev–Trinajstić information content (AvgIpc) is 3.32. The lowest BCUT2D eigenvalue weighted by Crippen LogP contribution is -2.52. The molecule has 1 saturated carbocycles. The Kier molecular flexibility index (Phi) is 5.67. The summed E-state index contributed by atoms with van der Waals surface area (Å²) in [5, 5.41) is 3.45. The third-order valence-electron chi connectivity index (χ3n) is 5.46. The van der Waals surface area contributed by atoms with Crippen LogP contribution in [0.2, 0.25) is 0 Å². The Bertz CT molecular complexity index is 347. The van der Waals surface area contributed by atoms with Gasteiger partial charge in [-0.1, -0.05) is 13.8 Å². The number of methoxy groups -OCH3 is 1. The van der Waals surface area contributed by atoms with Crippen LogP contribution in [-0.4, -0.2) is 50.2 Å². The molecule has 2 atom stereocenters. The molecule has 2 unspecified atom stereocenters. The standard InChI is InChI=1S/C17H32N2O2/c1-13(14-7-8-14)19(10-11-21-4)16(20)17(2,3)15-6-5-9-18-12-15/h13-15,18H,5-12H2,1-4H3. The predicted octanol–water partition coefficient (Wildman–Crippen LogP) is 2.29. The summed E-state index contributed by atoms with van der Waals surface area (Å²) >= 11 is 0. The first-order chi connectivity index (χ1) is 9.98. The van der Waals surface area contributed by atoms with Crippen molar-refractivity contribution in [1.29, 1.82) is 0 Å². The van der Waals surface area contributed by atoms with Gasteiger partial charge in [0.05, 0.1) is 6.61 Å². The van der Waals surface area contributed by atoms with Crippen LogP contribution in [0.4, 0.5) is 0 Å². The van der Waals surface area contributed by atoms with Crippen molar-refractivity contribution in [1.82, 2.24) is 10.2 Å². The Hall–Kier alpha value is -0.610. The van der Waals surface area contributed by atoms with E-state index in [9.17, 15) is 4.79 Å². The maximum absolute atomic E-state index is 13.2. The lowest BCUT2D eigenvalue weighted by atomic mass is 9.73. The number of hydrogen-bond donors (Lipinski definition) is 1. The molecular formula is C17H32N2O2. The summed E-state index contributed by atoms with van der Waals surface area (Å²) < 4.78 is 5.22. The van der Waals surface area contributed by atoms with Crippen LogP contribution >= 0.6 is 0 Å². The lowest BCUT2D eigenvalue weighted by molar-refractivity contribution is -0.147. The van der Waals surface area contributed by atoms with Crippen LogP contribution in [0.15, 0.2) is 0 Å². The first-order valence-electron chi connectivity index (χ1n) is 8.49. The second-order valence-electron chi connectivity index (χ2n) is 7.33. The highest BCUT2D eigenvalue weighted by Crippen LogP contribution is 2.39. The van der Waals surface area contributed by atoms with E-state index in [0.717, 1.165) is 26.1 Å². The van der Waals surface area contributed by atoms with E-state index in [-0.39, 0.29) is 5.41 Å². The summed E-state index contributed by atoms with van der Waals surface area (Å²) in [6, 6.07) is 0.350. The van der Waals surface area contributed by atoms with E-state index >= 15 is 0 Å². The molecule has 2 aliphatic rings. The molecule has 0 aromatic heterocycles. The molecule has 1 amide bonds. The molecule has 0 aromatic carbocycles. The van der Waals surface area contributed by atoms with Crippen molar-refractivity contribution < 1.29 is 9.53 Å². The SMILES string of the molecule is COCCN(C(=O)C(C)(C)C1CCCNC1)C(C)C1CC1. The maximum atomic E-state index is 13.2. The Morgan fingerprint density at radius 1 is 1.38 bits per heavy atom. The highest BCUT2D eigenvalue weighted by molar-refractivity contribution is 5.82. The van der Waals surface area contributed by atoms with Gasteiger partial charge in [-0.3, -0.25) is 4.79 Å². The van der Waals surface area contributed by atoms with Crippen LogP contribution in [0.1, 0.15) is 46.5 Å². The van der Waals surface area contributed by atoms with Gasteiger partial charge in [-0.25, -0.2) is 0 Å². The van der Waals surface area contributed by atoms with E-state index in [1.807, 2.05) is 0 Å². The smallest absolute Gasteiger partial charge is 0.228 e. The molecule has 1 saturated heterocycles. The molecule has 0 aromatic rings. The molecular weight excluding hydrogens is 264 g/mol. The van der Waals surface area contributed by atoms with Crippen molar-refractivity contribution in [3.63, 3.8) is 0 Å². The van der Waals surface area contributed by atoms with Gasteiger partial charge in [0.1, 0.15) is 0 Å².